The molecule has 1 aliphatic carbocycles. The van der Waals surface area contributed by atoms with E-state index in [0.717, 1.165) is 30.5 Å². The summed E-state index contributed by atoms with van der Waals surface area (Å²) in [6, 6.07) is 6.21. The van der Waals surface area contributed by atoms with Gasteiger partial charge in [0.15, 0.2) is 0 Å². The molecule has 2 atom stereocenters. The monoisotopic (exact) mass is 285 g/mol. The van der Waals surface area contributed by atoms with Crippen molar-refractivity contribution in [3.05, 3.63) is 29.6 Å². The lowest BCUT2D eigenvalue weighted by Crippen LogP contribution is -2.55. The van der Waals surface area contributed by atoms with Gasteiger partial charge < -0.3 is 5.32 Å². The highest BCUT2D eigenvalue weighted by molar-refractivity contribution is 5.85. The van der Waals surface area contributed by atoms with Crippen LogP contribution in [0.25, 0.3) is 0 Å². The number of nitrogens with zero attached hydrogens (tertiary/aromatic N) is 2. The first-order chi connectivity index (χ1) is 9.78. The summed E-state index contributed by atoms with van der Waals surface area (Å²) in [6.07, 6.45) is 4.48. The minimum Gasteiger partial charge on any atom is -0.337 e. The van der Waals surface area contributed by atoms with Gasteiger partial charge in [0.25, 0.3) is 0 Å². The molecule has 0 fully saturated rings. The van der Waals surface area contributed by atoms with Crippen molar-refractivity contribution in [3.63, 3.8) is 0 Å². The molecule has 112 valence electrons. The molecule has 1 N–H and O–H groups in total. The molecule has 1 heterocycles. The van der Waals surface area contributed by atoms with Gasteiger partial charge in [0.05, 0.1) is 17.7 Å². The highest BCUT2D eigenvalue weighted by Crippen LogP contribution is 2.33. The zero-order valence-electron chi connectivity index (χ0n) is 13.2. The third-order valence-electron chi connectivity index (χ3n) is 4.61. The number of amides is 1. The maximum Gasteiger partial charge on any atom is 0.230 e. The lowest BCUT2D eigenvalue weighted by molar-refractivity contribution is -0.125. The van der Waals surface area contributed by atoms with Gasteiger partial charge in [-0.25, -0.2) is 0 Å². The number of fused-ring (bicyclic) bond motifs is 1. The smallest absolute Gasteiger partial charge is 0.230 e. The molecular weight excluding hydrogens is 262 g/mol. The van der Waals surface area contributed by atoms with E-state index >= 15 is 0 Å². The van der Waals surface area contributed by atoms with Gasteiger partial charge in [-0.15, -0.1) is 0 Å². The summed E-state index contributed by atoms with van der Waals surface area (Å²) in [5, 5.41) is 12.4. The normalized spacial score (nSPS) is 20.8. The van der Waals surface area contributed by atoms with Crippen LogP contribution in [0.5, 0.6) is 0 Å². The Labute approximate surface area is 126 Å². The SMILES string of the molecule is CC(C)(C)[C@](C)(C#N)NC(=O)[C@@H]1CCCc2cccnc21. The van der Waals surface area contributed by atoms with Crippen molar-refractivity contribution in [1.82, 2.24) is 10.3 Å². The Morgan fingerprint density at radius 3 is 2.76 bits per heavy atom. The summed E-state index contributed by atoms with van der Waals surface area (Å²) >= 11 is 0. The van der Waals surface area contributed by atoms with E-state index in [1.807, 2.05) is 32.9 Å². The predicted octanol–water partition coefficient (Wildman–Crippen LogP) is 2.95. The molecular formula is C17H23N3O. The Morgan fingerprint density at radius 1 is 1.43 bits per heavy atom. The van der Waals surface area contributed by atoms with Crippen LogP contribution in [0, 0.1) is 16.7 Å². The van der Waals surface area contributed by atoms with Crippen LogP contribution in [0.4, 0.5) is 0 Å². The van der Waals surface area contributed by atoms with Gasteiger partial charge >= 0.3 is 0 Å². The zero-order valence-corrected chi connectivity index (χ0v) is 13.2. The van der Waals surface area contributed by atoms with Crippen molar-refractivity contribution in [3.8, 4) is 6.07 Å². The van der Waals surface area contributed by atoms with Gasteiger partial charge in [0.2, 0.25) is 5.91 Å². The van der Waals surface area contributed by atoms with Crippen LogP contribution in [0.15, 0.2) is 18.3 Å². The first-order valence-electron chi connectivity index (χ1n) is 7.45. The third-order valence-corrected chi connectivity index (χ3v) is 4.61. The summed E-state index contributed by atoms with van der Waals surface area (Å²) < 4.78 is 0. The van der Waals surface area contributed by atoms with Crippen LogP contribution in [0.3, 0.4) is 0 Å². The number of hydrogen-bond acceptors (Lipinski definition) is 3. The van der Waals surface area contributed by atoms with E-state index in [0.29, 0.717) is 0 Å². The van der Waals surface area contributed by atoms with Crippen LogP contribution in [-0.2, 0) is 11.2 Å². The van der Waals surface area contributed by atoms with E-state index in [4.69, 9.17) is 0 Å². The molecule has 0 saturated carbocycles. The average molecular weight is 285 g/mol. The van der Waals surface area contributed by atoms with Gasteiger partial charge in [-0.3, -0.25) is 9.78 Å². The first kappa shape index (κ1) is 15.5. The fourth-order valence-electron chi connectivity index (χ4n) is 2.58. The zero-order chi connectivity index (χ0) is 15.7. The Morgan fingerprint density at radius 2 is 2.14 bits per heavy atom. The highest BCUT2D eigenvalue weighted by atomic mass is 16.2. The van der Waals surface area contributed by atoms with E-state index in [9.17, 15) is 10.1 Å². The van der Waals surface area contributed by atoms with Crippen molar-refractivity contribution >= 4 is 5.91 Å². The number of carbonyl (C=O) groups excluding carboxylic acids is 1. The molecule has 0 radical (unpaired) electrons. The summed E-state index contributed by atoms with van der Waals surface area (Å²) in [5.74, 6) is -0.335. The number of nitrogens with one attached hydrogen (secondary N) is 1. The van der Waals surface area contributed by atoms with E-state index in [-0.39, 0.29) is 17.2 Å². The maximum atomic E-state index is 12.7. The number of pyridine rings is 1. The lowest BCUT2D eigenvalue weighted by atomic mass is 9.75. The standard InChI is InChI=1S/C17H23N3O/c1-16(2,3)17(4,11-18)20-15(21)13-9-5-7-12-8-6-10-19-14(12)13/h6,8,10,13H,5,7,9H2,1-4H3,(H,20,21)/t13-,17+/m1/s1. The van der Waals surface area contributed by atoms with Crippen LogP contribution in [0.1, 0.15) is 57.7 Å². The molecule has 0 aliphatic heterocycles. The minimum atomic E-state index is -0.892. The molecule has 0 bridgehead atoms. The molecule has 4 heteroatoms. The average Bonchev–Trinajstić information content (AvgIpc) is 2.45. The number of aromatic nitrogens is 1. The summed E-state index contributed by atoms with van der Waals surface area (Å²) in [7, 11) is 0. The fourth-order valence-corrected chi connectivity index (χ4v) is 2.58. The number of hydrogen-bond donors (Lipinski definition) is 1. The van der Waals surface area contributed by atoms with Crippen LogP contribution < -0.4 is 5.32 Å². The van der Waals surface area contributed by atoms with Crippen LogP contribution in [0.2, 0.25) is 0 Å². The molecule has 1 aromatic rings. The van der Waals surface area contributed by atoms with Crippen molar-refractivity contribution in [1.29, 1.82) is 5.26 Å². The Balaban J connectivity index is 2.25. The predicted molar refractivity (Wildman–Crippen MR) is 81.5 cm³/mol. The molecule has 1 amide bonds. The van der Waals surface area contributed by atoms with Crippen molar-refractivity contribution < 1.29 is 4.79 Å². The minimum absolute atomic E-state index is 0.0892. The van der Waals surface area contributed by atoms with Crippen LogP contribution >= 0.6 is 0 Å². The maximum absolute atomic E-state index is 12.7. The van der Waals surface area contributed by atoms with Crippen molar-refractivity contribution in [2.45, 2.75) is 58.4 Å². The second kappa shape index (κ2) is 5.48. The van der Waals surface area contributed by atoms with Crippen LogP contribution in [-0.4, -0.2) is 16.4 Å². The molecule has 4 nitrogen and oxygen atoms in total. The van der Waals surface area contributed by atoms with Crippen molar-refractivity contribution in [2.75, 3.05) is 0 Å². The van der Waals surface area contributed by atoms with Crippen molar-refractivity contribution in [2.24, 2.45) is 5.41 Å². The molecule has 2 rings (SSSR count). The quantitative estimate of drug-likeness (QED) is 0.908. The van der Waals surface area contributed by atoms with Gasteiger partial charge in [0.1, 0.15) is 5.54 Å². The Hall–Kier alpha value is -1.89. The fraction of sp³-hybridized carbons (Fsp3) is 0.588. The molecule has 21 heavy (non-hydrogen) atoms. The van der Waals surface area contributed by atoms with Gasteiger partial charge in [-0.05, 0) is 43.2 Å². The van der Waals surface area contributed by atoms with Gasteiger partial charge in [0, 0.05) is 6.20 Å². The Kier molecular flexibility index (Phi) is 4.04. The van der Waals surface area contributed by atoms with Gasteiger partial charge in [-0.1, -0.05) is 26.8 Å². The second-order valence-electron chi connectivity index (χ2n) is 6.97. The molecule has 0 aromatic carbocycles. The molecule has 1 aliphatic rings. The lowest BCUT2D eigenvalue weighted by Gasteiger charge is -2.38. The summed E-state index contributed by atoms with van der Waals surface area (Å²) in [5.41, 5.74) is 0.795. The number of carbonyl (C=O) groups is 1. The topological polar surface area (TPSA) is 65.8 Å². The van der Waals surface area contributed by atoms with Gasteiger partial charge in [-0.2, -0.15) is 5.26 Å². The molecule has 0 saturated heterocycles. The van der Waals surface area contributed by atoms with E-state index in [2.05, 4.69) is 16.4 Å². The number of nitriles is 1. The van der Waals surface area contributed by atoms with E-state index in [1.54, 1.807) is 13.1 Å². The Bertz CT molecular complexity index is 582. The molecule has 1 aromatic heterocycles. The van der Waals surface area contributed by atoms with E-state index < -0.39 is 5.54 Å². The molecule has 0 spiro atoms. The highest BCUT2D eigenvalue weighted by Gasteiger charge is 2.41. The number of rotatable bonds is 2. The second-order valence-corrected chi connectivity index (χ2v) is 6.97. The molecule has 0 unspecified atom stereocenters. The number of aryl methyl sites for hydroxylation is 1. The summed E-state index contributed by atoms with van der Waals surface area (Å²) in [4.78, 5) is 17.1. The first-order valence-corrected chi connectivity index (χ1v) is 7.45. The van der Waals surface area contributed by atoms with E-state index in [1.165, 1.54) is 0 Å². The largest absolute Gasteiger partial charge is 0.337 e. The third kappa shape index (κ3) is 2.92. The summed E-state index contributed by atoms with van der Waals surface area (Å²) in [6.45, 7) is 7.67.